The van der Waals surface area contributed by atoms with Crippen molar-refractivity contribution in [3.8, 4) is 0 Å². The lowest BCUT2D eigenvalue weighted by atomic mass is 9.96. The summed E-state index contributed by atoms with van der Waals surface area (Å²) in [6.07, 6.45) is -0.788. The summed E-state index contributed by atoms with van der Waals surface area (Å²) in [5, 5.41) is 18.4. The van der Waals surface area contributed by atoms with Crippen LogP contribution < -0.4 is 0 Å². The van der Waals surface area contributed by atoms with Gasteiger partial charge in [-0.05, 0) is 0 Å². The Morgan fingerprint density at radius 3 is 2.26 bits per heavy atom. The molecule has 0 aliphatic carbocycles. The summed E-state index contributed by atoms with van der Waals surface area (Å²) in [4.78, 5) is 43.9. The number of rotatable bonds is 7. The van der Waals surface area contributed by atoms with Crippen LogP contribution in [0.1, 0.15) is 19.8 Å². The lowest BCUT2D eigenvalue weighted by Gasteiger charge is -2.22. The van der Waals surface area contributed by atoms with Crippen molar-refractivity contribution in [2.24, 2.45) is 0 Å². The van der Waals surface area contributed by atoms with E-state index < -0.39 is 42.3 Å². The minimum atomic E-state index is -2.66. The van der Waals surface area contributed by atoms with Gasteiger partial charge in [-0.2, -0.15) is 0 Å². The van der Waals surface area contributed by atoms with E-state index in [0.29, 0.717) is 0 Å². The minimum Gasteiger partial charge on any atom is -0.481 e. The van der Waals surface area contributed by atoms with Crippen LogP contribution in [0.3, 0.4) is 0 Å². The molecule has 1 atom stereocenters. The van der Waals surface area contributed by atoms with Crippen molar-refractivity contribution in [1.82, 2.24) is 0 Å². The van der Waals surface area contributed by atoms with Crippen molar-refractivity contribution in [2.75, 3.05) is 6.61 Å². The third-order valence-electron chi connectivity index (χ3n) is 1.86. The van der Waals surface area contributed by atoms with Crippen LogP contribution in [0.4, 0.5) is 0 Å². The van der Waals surface area contributed by atoms with Gasteiger partial charge in [0.05, 0.1) is 12.8 Å². The van der Waals surface area contributed by atoms with E-state index in [1.165, 1.54) is 6.08 Å². The summed E-state index contributed by atoms with van der Waals surface area (Å²) in [5.74, 6) is -5.12. The van der Waals surface area contributed by atoms with Crippen LogP contribution in [0.2, 0.25) is 0 Å². The number of carboxylic acid groups (broad SMARTS) is 1. The second-order valence-electron chi connectivity index (χ2n) is 3.63. The highest BCUT2D eigenvalue weighted by molar-refractivity contribution is 5.94. The number of hydrogen-bond acceptors (Lipinski definition) is 7. The summed E-state index contributed by atoms with van der Waals surface area (Å²) in [6, 6.07) is 0. The van der Waals surface area contributed by atoms with Crippen molar-refractivity contribution in [2.45, 2.75) is 25.4 Å². The molecule has 0 amide bonds. The number of esters is 3. The normalized spacial score (nSPS) is 12.9. The van der Waals surface area contributed by atoms with Gasteiger partial charge in [0, 0.05) is 6.92 Å². The molecule has 0 aromatic heterocycles. The number of carbonyl (C=O) groups excluding carboxylic acids is 3. The summed E-state index contributed by atoms with van der Waals surface area (Å²) in [6.45, 7) is 4.02. The van der Waals surface area contributed by atoms with Gasteiger partial charge >= 0.3 is 23.9 Å². The molecule has 0 saturated heterocycles. The summed E-state index contributed by atoms with van der Waals surface area (Å²) >= 11 is 0. The Morgan fingerprint density at radius 2 is 1.84 bits per heavy atom. The number of hydrogen-bond donors (Lipinski definition) is 2. The van der Waals surface area contributed by atoms with Gasteiger partial charge in [0.2, 0.25) is 0 Å². The van der Waals surface area contributed by atoms with Gasteiger partial charge in [-0.1, -0.05) is 12.7 Å². The van der Waals surface area contributed by atoms with Crippen LogP contribution in [-0.2, 0) is 28.7 Å². The first-order valence-electron chi connectivity index (χ1n) is 5.15. The molecule has 0 bridgehead atoms. The monoisotopic (exact) mass is 274 g/mol. The molecule has 0 aromatic carbocycles. The Balaban J connectivity index is 4.90. The van der Waals surface area contributed by atoms with E-state index >= 15 is 0 Å². The molecule has 106 valence electrons. The van der Waals surface area contributed by atoms with Crippen LogP contribution >= 0.6 is 0 Å². The van der Waals surface area contributed by atoms with E-state index in [9.17, 15) is 24.3 Å². The molecule has 0 heterocycles. The van der Waals surface area contributed by atoms with Crippen LogP contribution in [0, 0.1) is 0 Å². The maximum Gasteiger partial charge on any atom is 0.346 e. The summed E-state index contributed by atoms with van der Waals surface area (Å²) in [5.41, 5.74) is -2.66. The number of carboxylic acids is 1. The topological polar surface area (TPSA) is 127 Å². The van der Waals surface area contributed by atoms with Gasteiger partial charge in [-0.3, -0.25) is 14.4 Å². The fourth-order valence-electron chi connectivity index (χ4n) is 1.12. The average Bonchev–Trinajstić information content (AvgIpc) is 2.24. The highest BCUT2D eigenvalue weighted by Gasteiger charge is 2.43. The Kier molecular flexibility index (Phi) is 6.42. The molecular formula is C11H14O8. The third kappa shape index (κ3) is 6.32. The Labute approximate surface area is 108 Å². The van der Waals surface area contributed by atoms with Crippen molar-refractivity contribution >= 4 is 23.9 Å². The molecule has 0 aromatic rings. The van der Waals surface area contributed by atoms with E-state index in [2.05, 4.69) is 16.1 Å². The van der Waals surface area contributed by atoms with E-state index in [0.717, 1.165) is 6.92 Å². The zero-order valence-electron chi connectivity index (χ0n) is 10.2. The van der Waals surface area contributed by atoms with Gasteiger partial charge in [0.15, 0.2) is 5.60 Å². The lowest BCUT2D eigenvalue weighted by Crippen LogP contribution is -2.45. The SMILES string of the molecule is C=CCOC(=O)CC(O)(CC(=O)O)C(=O)OC(C)=O. The first-order chi connectivity index (χ1) is 8.71. The summed E-state index contributed by atoms with van der Waals surface area (Å²) in [7, 11) is 0. The molecule has 1 unspecified atom stereocenters. The highest BCUT2D eigenvalue weighted by atomic mass is 16.6. The zero-order valence-corrected chi connectivity index (χ0v) is 10.2. The van der Waals surface area contributed by atoms with Gasteiger partial charge in [-0.25, -0.2) is 4.79 Å². The quantitative estimate of drug-likeness (QED) is 0.358. The van der Waals surface area contributed by atoms with Crippen LogP contribution in [0.5, 0.6) is 0 Å². The Hall–Kier alpha value is -2.22. The second-order valence-corrected chi connectivity index (χ2v) is 3.63. The van der Waals surface area contributed by atoms with E-state index in [1.807, 2.05) is 0 Å². The maximum atomic E-state index is 11.4. The van der Waals surface area contributed by atoms with E-state index in [4.69, 9.17) is 5.11 Å². The first-order valence-corrected chi connectivity index (χ1v) is 5.15. The molecule has 0 aliphatic rings. The molecule has 2 N–H and O–H groups in total. The highest BCUT2D eigenvalue weighted by Crippen LogP contribution is 2.19. The average molecular weight is 274 g/mol. The Morgan fingerprint density at radius 1 is 1.26 bits per heavy atom. The molecule has 0 rings (SSSR count). The van der Waals surface area contributed by atoms with Crippen molar-refractivity contribution in [1.29, 1.82) is 0 Å². The smallest absolute Gasteiger partial charge is 0.346 e. The van der Waals surface area contributed by atoms with Crippen molar-refractivity contribution in [3.05, 3.63) is 12.7 Å². The molecule has 0 fully saturated rings. The predicted molar refractivity (Wildman–Crippen MR) is 59.7 cm³/mol. The Bertz CT molecular complexity index is 399. The first kappa shape index (κ1) is 16.8. The fourth-order valence-corrected chi connectivity index (χ4v) is 1.12. The number of carbonyl (C=O) groups is 4. The molecule has 0 saturated carbocycles. The molecular weight excluding hydrogens is 260 g/mol. The van der Waals surface area contributed by atoms with Gasteiger partial charge in [-0.15, -0.1) is 0 Å². The predicted octanol–water partition coefficient (Wildman–Crippen LogP) is -0.599. The van der Waals surface area contributed by atoms with Crippen molar-refractivity contribution < 1.29 is 38.9 Å². The molecule has 8 heteroatoms. The van der Waals surface area contributed by atoms with Crippen LogP contribution in [-0.4, -0.2) is 46.3 Å². The fraction of sp³-hybridized carbons (Fsp3) is 0.455. The second kappa shape index (κ2) is 7.27. The molecule has 8 nitrogen and oxygen atoms in total. The van der Waals surface area contributed by atoms with Gasteiger partial charge < -0.3 is 19.7 Å². The third-order valence-corrected chi connectivity index (χ3v) is 1.86. The number of ether oxygens (including phenoxy) is 2. The largest absolute Gasteiger partial charge is 0.481 e. The minimum absolute atomic E-state index is 0.163. The number of aliphatic carboxylic acids is 1. The van der Waals surface area contributed by atoms with E-state index in [1.54, 1.807) is 0 Å². The molecule has 19 heavy (non-hydrogen) atoms. The standard InChI is InChI=1S/C11H14O8/c1-3-4-18-9(15)6-11(17,5-8(13)14)10(16)19-7(2)12/h3,17H,1,4-6H2,2H3,(H,13,14). The molecule has 0 radical (unpaired) electrons. The van der Waals surface area contributed by atoms with Crippen molar-refractivity contribution in [3.63, 3.8) is 0 Å². The maximum absolute atomic E-state index is 11.4. The lowest BCUT2D eigenvalue weighted by molar-refractivity contribution is -0.181. The van der Waals surface area contributed by atoms with Gasteiger partial charge in [0.1, 0.15) is 6.61 Å². The molecule has 0 aliphatic heterocycles. The van der Waals surface area contributed by atoms with E-state index in [-0.39, 0.29) is 6.61 Å². The summed E-state index contributed by atoms with van der Waals surface area (Å²) < 4.78 is 8.62. The number of aliphatic hydroxyl groups is 1. The van der Waals surface area contributed by atoms with Gasteiger partial charge in [0.25, 0.3) is 0 Å². The zero-order chi connectivity index (χ0) is 15.1. The van der Waals surface area contributed by atoms with Crippen LogP contribution in [0.25, 0.3) is 0 Å². The van der Waals surface area contributed by atoms with Crippen LogP contribution in [0.15, 0.2) is 12.7 Å². The molecule has 0 spiro atoms.